The number of rotatable bonds is 4. The molecule has 16 heavy (non-hydrogen) atoms. The highest BCUT2D eigenvalue weighted by Gasteiger charge is 2.09. The zero-order valence-electron chi connectivity index (χ0n) is 9.68. The monoisotopic (exact) mass is 236 g/mol. The Bertz CT molecular complexity index is 404. The highest BCUT2D eigenvalue weighted by atomic mass is 35.5. The summed E-state index contributed by atoms with van der Waals surface area (Å²) >= 11 is 5.98. The lowest BCUT2D eigenvalue weighted by Crippen LogP contribution is -2.27. The van der Waals surface area contributed by atoms with E-state index in [0.29, 0.717) is 0 Å². The molecular weight excluding hydrogens is 220 g/mol. The number of nitrogens with two attached hydrogens (primary N) is 1. The summed E-state index contributed by atoms with van der Waals surface area (Å²) in [4.78, 5) is 0. The van der Waals surface area contributed by atoms with Crippen LogP contribution in [0.3, 0.4) is 0 Å². The van der Waals surface area contributed by atoms with Gasteiger partial charge in [-0.3, -0.25) is 11.3 Å². The summed E-state index contributed by atoms with van der Waals surface area (Å²) in [6, 6.07) is 6.10. The van der Waals surface area contributed by atoms with Crippen molar-refractivity contribution in [2.75, 3.05) is 0 Å². The van der Waals surface area contributed by atoms with Gasteiger partial charge in [0.2, 0.25) is 0 Å². The molecule has 0 fully saturated rings. The first-order valence-electron chi connectivity index (χ1n) is 5.30. The van der Waals surface area contributed by atoms with E-state index in [1.807, 2.05) is 26.0 Å². The van der Waals surface area contributed by atoms with E-state index < -0.39 is 0 Å². The van der Waals surface area contributed by atoms with Gasteiger partial charge in [0.05, 0.1) is 0 Å². The van der Waals surface area contributed by atoms with Crippen molar-refractivity contribution >= 4 is 11.6 Å². The van der Waals surface area contributed by atoms with Gasteiger partial charge >= 0.3 is 0 Å². The number of halogens is 1. The quantitative estimate of drug-likeness (QED) is 0.479. The molecule has 0 amide bonds. The first kappa shape index (κ1) is 13.1. The summed E-state index contributed by atoms with van der Waals surface area (Å²) in [5.41, 5.74) is 5.04. The van der Waals surface area contributed by atoms with E-state index in [1.54, 1.807) is 0 Å². The summed E-state index contributed by atoms with van der Waals surface area (Å²) in [6.07, 6.45) is 1.74. The minimum atomic E-state index is 0.136. The van der Waals surface area contributed by atoms with E-state index in [2.05, 4.69) is 23.3 Å². The molecule has 0 aliphatic heterocycles. The van der Waals surface area contributed by atoms with Gasteiger partial charge < -0.3 is 0 Å². The maximum atomic E-state index is 5.98. The van der Waals surface area contributed by atoms with Gasteiger partial charge in [0.1, 0.15) is 0 Å². The van der Waals surface area contributed by atoms with Crippen LogP contribution in [0, 0.1) is 18.8 Å². The Morgan fingerprint density at radius 2 is 2.25 bits per heavy atom. The van der Waals surface area contributed by atoms with E-state index in [-0.39, 0.29) is 6.04 Å². The molecule has 1 aromatic rings. The van der Waals surface area contributed by atoms with Crippen molar-refractivity contribution in [3.63, 3.8) is 0 Å². The standard InChI is InChI=1S/C13H17ClN2/c1-3-4-5-6-13(16-15)11-7-8-12(14)10(2)9-11/h7-9,13,16H,5-6,15H2,1-2H3. The molecular formula is C13H17ClN2. The van der Waals surface area contributed by atoms with Crippen LogP contribution in [0.2, 0.25) is 5.02 Å². The fourth-order valence-corrected chi connectivity index (χ4v) is 1.69. The Kier molecular flexibility index (Phi) is 5.34. The predicted octanol–water partition coefficient (Wildman–Crippen LogP) is 2.96. The molecule has 0 heterocycles. The zero-order chi connectivity index (χ0) is 12.0. The molecule has 2 nitrogen and oxygen atoms in total. The van der Waals surface area contributed by atoms with Crippen LogP contribution in [0.5, 0.6) is 0 Å². The summed E-state index contributed by atoms with van der Waals surface area (Å²) in [5.74, 6) is 11.5. The van der Waals surface area contributed by atoms with E-state index in [1.165, 1.54) is 0 Å². The van der Waals surface area contributed by atoms with Gasteiger partial charge in [-0.25, -0.2) is 0 Å². The van der Waals surface area contributed by atoms with Crippen LogP contribution in [0.1, 0.15) is 36.9 Å². The third kappa shape index (κ3) is 3.53. The second kappa shape index (κ2) is 6.55. The molecule has 0 saturated carbocycles. The van der Waals surface area contributed by atoms with Crippen LogP contribution < -0.4 is 11.3 Å². The predicted molar refractivity (Wildman–Crippen MR) is 68.9 cm³/mol. The Morgan fingerprint density at radius 3 is 2.81 bits per heavy atom. The number of hydrogen-bond donors (Lipinski definition) is 2. The number of hydrogen-bond acceptors (Lipinski definition) is 2. The number of nitrogens with one attached hydrogen (secondary N) is 1. The van der Waals surface area contributed by atoms with Crippen LogP contribution in [0.4, 0.5) is 0 Å². The summed E-state index contributed by atoms with van der Waals surface area (Å²) < 4.78 is 0. The molecule has 0 aliphatic carbocycles. The van der Waals surface area contributed by atoms with Crippen molar-refractivity contribution in [1.82, 2.24) is 5.43 Å². The third-order valence-corrected chi connectivity index (χ3v) is 2.94. The van der Waals surface area contributed by atoms with Gasteiger partial charge in [-0.15, -0.1) is 11.8 Å². The molecule has 1 aromatic carbocycles. The van der Waals surface area contributed by atoms with Crippen LogP contribution in [0.25, 0.3) is 0 Å². The Morgan fingerprint density at radius 1 is 1.50 bits per heavy atom. The summed E-state index contributed by atoms with van der Waals surface area (Å²) in [6.45, 7) is 3.84. The fraction of sp³-hybridized carbons (Fsp3) is 0.385. The van der Waals surface area contributed by atoms with E-state index in [4.69, 9.17) is 17.4 Å². The van der Waals surface area contributed by atoms with Crippen LogP contribution >= 0.6 is 11.6 Å². The largest absolute Gasteiger partial charge is 0.271 e. The lowest BCUT2D eigenvalue weighted by Gasteiger charge is -2.15. The molecule has 3 heteroatoms. The van der Waals surface area contributed by atoms with Crippen LogP contribution in [0.15, 0.2) is 18.2 Å². The first-order chi connectivity index (χ1) is 7.69. The number of benzene rings is 1. The van der Waals surface area contributed by atoms with Crippen LogP contribution in [-0.4, -0.2) is 0 Å². The first-order valence-corrected chi connectivity index (χ1v) is 5.68. The Hall–Kier alpha value is -1.01. The second-order valence-electron chi connectivity index (χ2n) is 3.69. The van der Waals surface area contributed by atoms with Gasteiger partial charge in [0.15, 0.2) is 0 Å². The van der Waals surface area contributed by atoms with Crippen molar-refractivity contribution in [3.8, 4) is 11.8 Å². The van der Waals surface area contributed by atoms with Gasteiger partial charge in [0.25, 0.3) is 0 Å². The maximum Gasteiger partial charge on any atom is 0.0469 e. The Balaban J connectivity index is 2.77. The second-order valence-corrected chi connectivity index (χ2v) is 4.10. The average molecular weight is 237 g/mol. The normalized spacial score (nSPS) is 11.8. The molecule has 0 spiro atoms. The van der Waals surface area contributed by atoms with E-state index in [0.717, 1.165) is 29.0 Å². The lowest BCUT2D eigenvalue weighted by molar-refractivity contribution is 0.523. The van der Waals surface area contributed by atoms with Gasteiger partial charge in [-0.2, -0.15) is 0 Å². The summed E-state index contributed by atoms with van der Waals surface area (Å²) in [5, 5.41) is 0.785. The molecule has 86 valence electrons. The van der Waals surface area contributed by atoms with Gasteiger partial charge in [0, 0.05) is 17.5 Å². The Labute approximate surface area is 102 Å². The smallest absolute Gasteiger partial charge is 0.0469 e. The molecule has 1 rings (SSSR count). The minimum Gasteiger partial charge on any atom is -0.271 e. The highest BCUT2D eigenvalue weighted by molar-refractivity contribution is 6.31. The molecule has 0 aliphatic rings. The number of aryl methyl sites for hydroxylation is 1. The van der Waals surface area contributed by atoms with Crippen molar-refractivity contribution in [2.45, 2.75) is 32.7 Å². The molecule has 0 bridgehead atoms. The maximum absolute atomic E-state index is 5.98. The van der Waals surface area contributed by atoms with Crippen molar-refractivity contribution < 1.29 is 0 Å². The third-order valence-electron chi connectivity index (χ3n) is 2.52. The van der Waals surface area contributed by atoms with Crippen molar-refractivity contribution in [3.05, 3.63) is 34.3 Å². The summed E-state index contributed by atoms with van der Waals surface area (Å²) in [7, 11) is 0. The topological polar surface area (TPSA) is 38.0 Å². The van der Waals surface area contributed by atoms with Crippen molar-refractivity contribution in [1.29, 1.82) is 0 Å². The van der Waals surface area contributed by atoms with Crippen LogP contribution in [-0.2, 0) is 0 Å². The highest BCUT2D eigenvalue weighted by Crippen LogP contribution is 2.23. The fourth-order valence-electron chi connectivity index (χ4n) is 1.57. The lowest BCUT2D eigenvalue weighted by atomic mass is 10.0. The number of hydrazine groups is 1. The molecule has 0 aromatic heterocycles. The molecule has 0 radical (unpaired) electrons. The molecule has 3 N–H and O–H groups in total. The van der Waals surface area contributed by atoms with Gasteiger partial charge in [-0.1, -0.05) is 23.7 Å². The SMILES string of the molecule is CC#CCCC(NN)c1ccc(Cl)c(C)c1. The molecule has 0 saturated heterocycles. The average Bonchev–Trinajstić information content (AvgIpc) is 2.29. The van der Waals surface area contributed by atoms with Crippen molar-refractivity contribution in [2.24, 2.45) is 5.84 Å². The molecule has 1 atom stereocenters. The minimum absolute atomic E-state index is 0.136. The van der Waals surface area contributed by atoms with Gasteiger partial charge in [-0.05, 0) is 37.5 Å². The molecule has 1 unspecified atom stereocenters. The van der Waals surface area contributed by atoms with E-state index >= 15 is 0 Å². The zero-order valence-corrected chi connectivity index (χ0v) is 10.4. The van der Waals surface area contributed by atoms with E-state index in [9.17, 15) is 0 Å².